The first-order valence-electron chi connectivity index (χ1n) is 28.8. The lowest BCUT2D eigenvalue weighted by Crippen LogP contribution is -1.88. The molecule has 0 spiro atoms. The van der Waals surface area contributed by atoms with Crippen molar-refractivity contribution < 1.29 is 17.7 Å². The number of fused-ring (bicyclic) bond motifs is 14. The van der Waals surface area contributed by atoms with Crippen molar-refractivity contribution in [1.29, 1.82) is 0 Å². The molecule has 430 valence electrons. The Morgan fingerprint density at radius 1 is 0.294 bits per heavy atom. The molecule has 0 saturated heterocycles. The highest BCUT2D eigenvalue weighted by Crippen LogP contribution is 2.34. The van der Waals surface area contributed by atoms with Gasteiger partial charge in [-0.15, -0.1) is 0 Å². The van der Waals surface area contributed by atoms with Crippen molar-refractivity contribution in [2.24, 2.45) is 49.3 Å². The molecule has 0 bridgehead atoms. The predicted molar refractivity (Wildman–Crippen MR) is 355 cm³/mol. The van der Waals surface area contributed by atoms with E-state index in [9.17, 15) is 0 Å². The number of hydrogen-bond acceptors (Lipinski definition) is 4. The van der Waals surface area contributed by atoms with Crippen LogP contribution in [0, 0.1) is 48.5 Å². The SMILES string of the molecule is Cc1c2c(cn1C)oc1ccccc12.Cc1c2ccccc2cn1C.Cc1c2oc3ccccc3c2cn1C.Cc1cc2c3ccccc3oc2n1C.Cc1cc2ccccc2n1C.Cc1cc2oc3ccccc3c2n1C.Cc1cccn1C. The Kier molecular flexibility index (Phi) is 15.8. The van der Waals surface area contributed by atoms with Crippen LogP contribution in [0.1, 0.15) is 39.9 Å². The Morgan fingerprint density at radius 2 is 0.800 bits per heavy atom. The smallest absolute Gasteiger partial charge is 0.208 e. The summed E-state index contributed by atoms with van der Waals surface area (Å²) in [5.74, 6) is 0. The molecule has 0 fully saturated rings. The van der Waals surface area contributed by atoms with E-state index in [1.807, 2.05) is 119 Å². The van der Waals surface area contributed by atoms with Gasteiger partial charge in [-0.05, 0) is 120 Å². The molecule has 17 aromatic rings. The van der Waals surface area contributed by atoms with Gasteiger partial charge < -0.3 is 49.6 Å². The predicted octanol–water partition coefficient (Wildman–Crippen LogP) is 19.2. The Morgan fingerprint density at radius 3 is 1.42 bits per heavy atom. The molecule has 0 saturated carbocycles. The topological polar surface area (TPSA) is 87.1 Å². The molecule has 0 aliphatic heterocycles. The molecule has 11 heterocycles. The van der Waals surface area contributed by atoms with Crippen molar-refractivity contribution in [3.63, 3.8) is 0 Å². The monoisotopic (exact) mass is 1130 g/mol. The van der Waals surface area contributed by atoms with Crippen molar-refractivity contribution in [1.82, 2.24) is 32.0 Å². The number of aromatic nitrogens is 7. The number of rotatable bonds is 0. The molecule has 0 unspecified atom stereocenters. The summed E-state index contributed by atoms with van der Waals surface area (Å²) in [4.78, 5) is 0. The highest BCUT2D eigenvalue weighted by molar-refractivity contribution is 6.08. The number of hydrogen-bond donors (Lipinski definition) is 0. The summed E-state index contributed by atoms with van der Waals surface area (Å²) in [6, 6.07) is 60.0. The second kappa shape index (κ2) is 23.7. The van der Waals surface area contributed by atoms with Gasteiger partial charge >= 0.3 is 0 Å². The maximum absolute atomic E-state index is 5.78. The number of nitrogens with zero attached hydrogens (tertiary/aromatic N) is 7. The molecule has 11 heteroatoms. The molecule has 85 heavy (non-hydrogen) atoms. The Bertz CT molecular complexity index is 4820. The van der Waals surface area contributed by atoms with Gasteiger partial charge in [0.05, 0.1) is 11.2 Å². The average Bonchev–Trinajstić information content (AvgIpc) is 2.22. The van der Waals surface area contributed by atoms with E-state index in [2.05, 4.69) is 211 Å². The summed E-state index contributed by atoms with van der Waals surface area (Å²) < 4.78 is 37.9. The molecular weight excluding hydrogens is 1050 g/mol. The van der Waals surface area contributed by atoms with Crippen molar-refractivity contribution in [3.05, 3.63) is 241 Å². The lowest BCUT2D eigenvalue weighted by Gasteiger charge is -1.96. The van der Waals surface area contributed by atoms with Crippen molar-refractivity contribution >= 4 is 110 Å². The van der Waals surface area contributed by atoms with Gasteiger partial charge in [-0.25, -0.2) is 0 Å². The first kappa shape index (κ1) is 56.8. The average molecular weight is 1130 g/mol. The summed E-state index contributed by atoms with van der Waals surface area (Å²) in [5.41, 5.74) is 19.1. The standard InChI is InChI=1S/4C12H11NO.2C10H11N.C6H9N/c1-8-12-10(7-13(8)2)9-5-3-4-6-11(9)14-12;1-8-12-9-5-3-4-6-10(9)14-11(12)7-13(8)2;1-8-7-10-9-5-3-4-6-11(9)14-12(10)13(8)2;1-8-7-11-12(13(8)2)9-5-3-4-6-10(9)14-11;1-8-10-6-4-3-5-9(10)7-11(8)2;1-8-7-9-5-3-4-6-10(9)11(8)2;1-6-4-3-5-7(6)2/h4*3-7H,1-2H3;2*3-7H,1-2H3;3-5H,1-2H3. The van der Waals surface area contributed by atoms with Crippen LogP contribution in [0.5, 0.6) is 0 Å². The van der Waals surface area contributed by atoms with Crippen molar-refractivity contribution in [3.8, 4) is 0 Å². The molecule has 0 amide bonds. The second-order valence-corrected chi connectivity index (χ2v) is 22.2. The van der Waals surface area contributed by atoms with E-state index in [1.54, 1.807) is 0 Å². The quantitative estimate of drug-likeness (QED) is 0.151. The summed E-state index contributed by atoms with van der Waals surface area (Å²) in [5, 5.41) is 12.5. The van der Waals surface area contributed by atoms with Crippen LogP contribution in [-0.4, -0.2) is 32.0 Å². The third-order valence-electron chi connectivity index (χ3n) is 16.8. The Labute approximate surface area is 495 Å². The largest absolute Gasteiger partial charge is 0.454 e. The fourth-order valence-electron chi connectivity index (χ4n) is 11.2. The molecule has 0 N–H and O–H groups in total. The van der Waals surface area contributed by atoms with E-state index in [1.165, 1.54) is 105 Å². The third kappa shape index (κ3) is 11.1. The van der Waals surface area contributed by atoms with Gasteiger partial charge in [-0.3, -0.25) is 0 Å². The third-order valence-corrected chi connectivity index (χ3v) is 16.8. The molecule has 17 rings (SSSR count). The van der Waals surface area contributed by atoms with Crippen LogP contribution in [-0.2, 0) is 49.3 Å². The number of benzene rings is 6. The van der Waals surface area contributed by atoms with Gasteiger partial charge in [-0.2, -0.15) is 0 Å². The summed E-state index contributed by atoms with van der Waals surface area (Å²) in [6.45, 7) is 14.7. The molecule has 11 aromatic heterocycles. The van der Waals surface area contributed by atoms with E-state index in [0.29, 0.717) is 0 Å². The van der Waals surface area contributed by atoms with E-state index < -0.39 is 0 Å². The van der Waals surface area contributed by atoms with Gasteiger partial charge in [0.1, 0.15) is 22.3 Å². The molecule has 0 radical (unpaired) electrons. The van der Waals surface area contributed by atoms with Crippen LogP contribution in [0.3, 0.4) is 0 Å². The number of para-hydroxylation sites is 5. The van der Waals surface area contributed by atoms with Crippen LogP contribution in [0.4, 0.5) is 0 Å². The van der Waals surface area contributed by atoms with Crippen LogP contribution >= 0.6 is 0 Å². The van der Waals surface area contributed by atoms with E-state index in [0.717, 1.165) is 44.8 Å². The van der Waals surface area contributed by atoms with Gasteiger partial charge in [-0.1, -0.05) is 109 Å². The maximum atomic E-state index is 5.78. The van der Waals surface area contributed by atoms with Gasteiger partial charge in [0, 0.05) is 163 Å². The molecule has 0 atom stereocenters. The first-order chi connectivity index (χ1) is 41.0. The lowest BCUT2D eigenvalue weighted by atomic mass is 10.2. The summed E-state index contributed by atoms with van der Waals surface area (Å²) >= 11 is 0. The highest BCUT2D eigenvalue weighted by Gasteiger charge is 2.15. The molecule has 11 nitrogen and oxygen atoms in total. The van der Waals surface area contributed by atoms with Gasteiger partial charge in [0.25, 0.3) is 0 Å². The molecule has 0 aliphatic rings. The van der Waals surface area contributed by atoms with Crippen LogP contribution < -0.4 is 0 Å². The van der Waals surface area contributed by atoms with Gasteiger partial charge in [0.15, 0.2) is 16.7 Å². The minimum atomic E-state index is 0.962. The zero-order valence-electron chi connectivity index (χ0n) is 51.3. The second-order valence-electron chi connectivity index (χ2n) is 22.2. The zero-order chi connectivity index (χ0) is 59.8. The molecule has 6 aromatic carbocycles. The summed E-state index contributed by atoms with van der Waals surface area (Å²) in [6.07, 6.45) is 8.35. The summed E-state index contributed by atoms with van der Waals surface area (Å²) in [7, 11) is 14.4. The first-order valence-corrected chi connectivity index (χ1v) is 28.8. The Hall–Kier alpha value is -10.0. The number of aryl methyl sites for hydroxylation is 14. The minimum Gasteiger partial charge on any atom is -0.454 e. The maximum Gasteiger partial charge on any atom is 0.208 e. The van der Waals surface area contributed by atoms with Crippen LogP contribution in [0.15, 0.2) is 218 Å². The lowest BCUT2D eigenvalue weighted by molar-refractivity contribution is 0.626. The zero-order valence-corrected chi connectivity index (χ0v) is 51.3. The molecule has 0 aliphatic carbocycles. The van der Waals surface area contributed by atoms with Crippen LogP contribution in [0.25, 0.3) is 110 Å². The van der Waals surface area contributed by atoms with Crippen molar-refractivity contribution in [2.45, 2.75) is 48.5 Å². The highest BCUT2D eigenvalue weighted by atomic mass is 16.3. The fourth-order valence-corrected chi connectivity index (χ4v) is 11.2. The minimum absolute atomic E-state index is 0.962. The van der Waals surface area contributed by atoms with Crippen molar-refractivity contribution in [2.75, 3.05) is 0 Å². The van der Waals surface area contributed by atoms with E-state index in [-0.39, 0.29) is 0 Å². The van der Waals surface area contributed by atoms with Crippen LogP contribution in [0.2, 0.25) is 0 Å². The normalized spacial score (nSPS) is 11.2. The number of furan rings is 4. The van der Waals surface area contributed by atoms with Gasteiger partial charge in [0.2, 0.25) is 5.71 Å². The fraction of sp³-hybridized carbons (Fsp3) is 0.189. The molecular formula is C74H75N7O4. The van der Waals surface area contributed by atoms with E-state index in [4.69, 9.17) is 17.7 Å². The van der Waals surface area contributed by atoms with E-state index >= 15 is 0 Å². The Balaban J connectivity index is 0.000000104.